The molecule has 1 amide bonds. The molecule has 2 N–H and O–H groups in total. The Balaban J connectivity index is 2.19. The highest BCUT2D eigenvalue weighted by Gasteiger charge is 2.29. The van der Waals surface area contributed by atoms with E-state index < -0.39 is 0 Å². The summed E-state index contributed by atoms with van der Waals surface area (Å²) in [7, 11) is 0. The molecule has 14 heavy (non-hydrogen) atoms. The van der Waals surface area contributed by atoms with Crippen molar-refractivity contribution in [2.75, 3.05) is 26.3 Å². The van der Waals surface area contributed by atoms with Crippen molar-refractivity contribution in [1.29, 1.82) is 5.26 Å². The molecule has 1 aliphatic heterocycles. The first-order chi connectivity index (χ1) is 6.66. The molecule has 1 fully saturated rings. The lowest BCUT2D eigenvalue weighted by Gasteiger charge is -2.22. The summed E-state index contributed by atoms with van der Waals surface area (Å²) in [6.07, 6.45) is 0.915. The van der Waals surface area contributed by atoms with Crippen LogP contribution in [-0.4, -0.2) is 37.7 Å². The second-order valence-electron chi connectivity index (χ2n) is 3.65. The summed E-state index contributed by atoms with van der Waals surface area (Å²) in [6, 6.07) is 1.85. The summed E-state index contributed by atoms with van der Waals surface area (Å²) < 4.78 is 5.23. The number of nitrogens with zero attached hydrogens (tertiary/aromatic N) is 1. The molecule has 0 radical (unpaired) electrons. The lowest BCUT2D eigenvalue weighted by Crippen LogP contribution is -2.47. The zero-order chi connectivity index (χ0) is 10.4. The molecule has 0 aliphatic carbocycles. The minimum atomic E-state index is -0.153. The summed E-state index contributed by atoms with van der Waals surface area (Å²) in [4.78, 5) is 11.1. The van der Waals surface area contributed by atoms with Crippen LogP contribution in [0.15, 0.2) is 0 Å². The smallest absolute Gasteiger partial charge is 0.234 e. The summed E-state index contributed by atoms with van der Waals surface area (Å²) in [5.74, 6) is -0.153. The fraction of sp³-hybridized carbons (Fsp3) is 0.778. The number of hydrogen-bond acceptors (Lipinski definition) is 4. The summed E-state index contributed by atoms with van der Waals surface area (Å²) in [6.45, 7) is 3.70. The van der Waals surface area contributed by atoms with Gasteiger partial charge < -0.3 is 15.4 Å². The van der Waals surface area contributed by atoms with Crippen LogP contribution in [0.5, 0.6) is 0 Å². The number of carbonyl (C=O) groups excluding carboxylic acids is 1. The van der Waals surface area contributed by atoms with Crippen LogP contribution < -0.4 is 10.6 Å². The van der Waals surface area contributed by atoms with Gasteiger partial charge in [-0.2, -0.15) is 5.26 Å². The van der Waals surface area contributed by atoms with Gasteiger partial charge in [-0.05, 0) is 13.3 Å². The molecule has 5 heteroatoms. The van der Waals surface area contributed by atoms with Crippen molar-refractivity contribution in [3.05, 3.63) is 0 Å². The number of nitriles is 1. The van der Waals surface area contributed by atoms with Gasteiger partial charge in [0.2, 0.25) is 5.91 Å². The van der Waals surface area contributed by atoms with Gasteiger partial charge in [-0.15, -0.1) is 0 Å². The van der Waals surface area contributed by atoms with Crippen molar-refractivity contribution in [3.8, 4) is 6.07 Å². The largest absolute Gasteiger partial charge is 0.379 e. The third-order valence-corrected chi connectivity index (χ3v) is 2.26. The first-order valence-corrected chi connectivity index (χ1v) is 4.63. The van der Waals surface area contributed by atoms with Crippen molar-refractivity contribution >= 4 is 5.91 Å². The van der Waals surface area contributed by atoms with Gasteiger partial charge in [0.05, 0.1) is 19.2 Å². The maximum absolute atomic E-state index is 11.1. The normalized spacial score (nSPS) is 25.7. The van der Waals surface area contributed by atoms with Gasteiger partial charge in [0.15, 0.2) is 0 Å². The average molecular weight is 197 g/mol. The van der Waals surface area contributed by atoms with Crippen molar-refractivity contribution < 1.29 is 9.53 Å². The summed E-state index contributed by atoms with van der Waals surface area (Å²) in [5.41, 5.74) is -0.0933. The maximum Gasteiger partial charge on any atom is 0.234 e. The Bertz CT molecular complexity index is 241. The molecule has 0 saturated carbocycles. The first-order valence-electron chi connectivity index (χ1n) is 4.63. The monoisotopic (exact) mass is 197 g/mol. The van der Waals surface area contributed by atoms with E-state index in [9.17, 15) is 4.79 Å². The van der Waals surface area contributed by atoms with Gasteiger partial charge in [0.25, 0.3) is 0 Å². The minimum Gasteiger partial charge on any atom is -0.379 e. The fourth-order valence-electron chi connectivity index (χ4n) is 1.30. The summed E-state index contributed by atoms with van der Waals surface area (Å²) in [5, 5.41) is 13.8. The van der Waals surface area contributed by atoms with Gasteiger partial charge in [0, 0.05) is 12.1 Å². The molecule has 0 spiro atoms. The Morgan fingerprint density at radius 3 is 3.07 bits per heavy atom. The molecule has 0 aromatic heterocycles. The molecule has 1 aliphatic rings. The molecule has 1 atom stereocenters. The molecule has 0 aromatic rings. The Morgan fingerprint density at radius 2 is 2.50 bits per heavy atom. The van der Waals surface area contributed by atoms with E-state index >= 15 is 0 Å². The van der Waals surface area contributed by atoms with Crippen molar-refractivity contribution in [2.24, 2.45) is 0 Å². The van der Waals surface area contributed by atoms with Gasteiger partial charge in [0.1, 0.15) is 6.54 Å². The lowest BCUT2D eigenvalue weighted by atomic mass is 10.0. The fourth-order valence-corrected chi connectivity index (χ4v) is 1.30. The highest BCUT2D eigenvalue weighted by atomic mass is 16.5. The maximum atomic E-state index is 11.1. The molecule has 1 heterocycles. The summed E-state index contributed by atoms with van der Waals surface area (Å²) >= 11 is 0. The zero-order valence-electron chi connectivity index (χ0n) is 8.30. The van der Waals surface area contributed by atoms with Crippen molar-refractivity contribution in [3.63, 3.8) is 0 Å². The third kappa shape index (κ3) is 3.32. The SMILES string of the molecule is CC1(NCC(=O)NCC#N)CCOC1. The highest BCUT2D eigenvalue weighted by molar-refractivity contribution is 5.78. The second kappa shape index (κ2) is 4.94. The molecule has 1 saturated heterocycles. The first kappa shape index (κ1) is 11.0. The molecule has 5 nitrogen and oxygen atoms in total. The van der Waals surface area contributed by atoms with E-state index in [1.807, 2.05) is 13.0 Å². The average Bonchev–Trinajstić information content (AvgIpc) is 2.60. The highest BCUT2D eigenvalue weighted by Crippen LogP contribution is 2.16. The van der Waals surface area contributed by atoms with Crippen LogP contribution in [0.3, 0.4) is 0 Å². The van der Waals surface area contributed by atoms with Gasteiger partial charge in [-0.3, -0.25) is 4.79 Å². The van der Waals surface area contributed by atoms with Gasteiger partial charge in [-0.1, -0.05) is 0 Å². The van der Waals surface area contributed by atoms with E-state index in [1.165, 1.54) is 0 Å². The van der Waals surface area contributed by atoms with Crippen LogP contribution in [0.4, 0.5) is 0 Å². The molecule has 1 rings (SSSR count). The van der Waals surface area contributed by atoms with Crippen LogP contribution in [-0.2, 0) is 9.53 Å². The van der Waals surface area contributed by atoms with E-state index in [4.69, 9.17) is 10.00 Å². The second-order valence-corrected chi connectivity index (χ2v) is 3.65. The number of nitrogens with one attached hydrogen (secondary N) is 2. The number of hydrogen-bond donors (Lipinski definition) is 2. The third-order valence-electron chi connectivity index (χ3n) is 2.26. The van der Waals surface area contributed by atoms with E-state index in [0.29, 0.717) is 6.61 Å². The Hall–Kier alpha value is -1.12. The molecular weight excluding hydrogens is 182 g/mol. The number of carbonyl (C=O) groups is 1. The van der Waals surface area contributed by atoms with E-state index in [0.717, 1.165) is 13.0 Å². The van der Waals surface area contributed by atoms with Crippen molar-refractivity contribution in [2.45, 2.75) is 18.9 Å². The predicted molar refractivity (Wildman–Crippen MR) is 50.5 cm³/mol. The van der Waals surface area contributed by atoms with Gasteiger partial charge >= 0.3 is 0 Å². The molecular formula is C9H15N3O2. The molecule has 1 unspecified atom stereocenters. The minimum absolute atomic E-state index is 0.0632. The topological polar surface area (TPSA) is 74.2 Å². The predicted octanol–water partition coefficient (Wildman–Crippen LogP) is -0.605. The Kier molecular flexibility index (Phi) is 3.86. The van der Waals surface area contributed by atoms with E-state index in [1.54, 1.807) is 0 Å². The zero-order valence-corrected chi connectivity index (χ0v) is 8.30. The molecule has 78 valence electrons. The molecule has 0 bridgehead atoms. The van der Waals surface area contributed by atoms with Gasteiger partial charge in [-0.25, -0.2) is 0 Å². The van der Waals surface area contributed by atoms with Crippen molar-refractivity contribution in [1.82, 2.24) is 10.6 Å². The Labute approximate surface area is 83.4 Å². The van der Waals surface area contributed by atoms with Crippen LogP contribution in [0.25, 0.3) is 0 Å². The number of amides is 1. The molecule has 0 aromatic carbocycles. The van der Waals surface area contributed by atoms with E-state index in [-0.39, 0.29) is 24.5 Å². The van der Waals surface area contributed by atoms with Crippen LogP contribution in [0, 0.1) is 11.3 Å². The number of ether oxygens (including phenoxy) is 1. The van der Waals surface area contributed by atoms with Crippen LogP contribution in [0.2, 0.25) is 0 Å². The standard InChI is InChI=1S/C9H15N3O2/c1-9(2-5-14-7-9)12-6-8(13)11-4-3-10/h12H,2,4-7H2,1H3,(H,11,13). The van der Waals surface area contributed by atoms with E-state index in [2.05, 4.69) is 10.6 Å². The quantitative estimate of drug-likeness (QED) is 0.590. The van der Waals surface area contributed by atoms with Crippen LogP contribution >= 0.6 is 0 Å². The Morgan fingerprint density at radius 1 is 1.71 bits per heavy atom. The number of rotatable bonds is 4. The lowest BCUT2D eigenvalue weighted by molar-refractivity contribution is -0.120. The van der Waals surface area contributed by atoms with Crippen LogP contribution in [0.1, 0.15) is 13.3 Å².